The highest BCUT2D eigenvalue weighted by molar-refractivity contribution is 5.69. The van der Waals surface area contributed by atoms with Crippen LogP contribution in [0.5, 0.6) is 5.75 Å². The van der Waals surface area contributed by atoms with Crippen molar-refractivity contribution in [3.05, 3.63) is 29.3 Å². The first-order valence-corrected chi connectivity index (χ1v) is 6.87. The molecule has 0 bridgehead atoms. The van der Waals surface area contributed by atoms with E-state index in [2.05, 4.69) is 6.07 Å². The fourth-order valence-electron chi connectivity index (χ4n) is 2.30. The predicted molar refractivity (Wildman–Crippen MR) is 73.1 cm³/mol. The van der Waals surface area contributed by atoms with Crippen molar-refractivity contribution in [2.75, 3.05) is 13.2 Å². The van der Waals surface area contributed by atoms with Crippen molar-refractivity contribution in [2.24, 2.45) is 5.73 Å². The van der Waals surface area contributed by atoms with Gasteiger partial charge in [-0.1, -0.05) is 12.1 Å². The van der Waals surface area contributed by atoms with Gasteiger partial charge >= 0.3 is 5.97 Å². The van der Waals surface area contributed by atoms with Crippen molar-refractivity contribution < 1.29 is 14.3 Å². The van der Waals surface area contributed by atoms with E-state index in [9.17, 15) is 4.79 Å². The van der Waals surface area contributed by atoms with Crippen molar-refractivity contribution in [3.63, 3.8) is 0 Å². The van der Waals surface area contributed by atoms with E-state index in [0.717, 1.165) is 37.2 Å². The predicted octanol–water partition coefficient (Wildman–Crippen LogP) is 2.35. The molecule has 4 heteroatoms. The average Bonchev–Trinajstić information content (AvgIpc) is 2.86. The molecule has 0 radical (unpaired) electrons. The van der Waals surface area contributed by atoms with Gasteiger partial charge in [-0.05, 0) is 37.0 Å². The van der Waals surface area contributed by atoms with Crippen LogP contribution in [0.2, 0.25) is 0 Å². The second kappa shape index (κ2) is 6.57. The molecule has 1 aromatic rings. The summed E-state index contributed by atoms with van der Waals surface area (Å²) in [6.07, 6.45) is 2.94. The third-order valence-electron chi connectivity index (χ3n) is 3.34. The number of benzene rings is 1. The van der Waals surface area contributed by atoms with E-state index >= 15 is 0 Å². The second-order valence-electron chi connectivity index (χ2n) is 4.77. The van der Waals surface area contributed by atoms with Crippen LogP contribution >= 0.6 is 0 Å². The molecule has 0 aliphatic carbocycles. The highest BCUT2D eigenvalue weighted by Crippen LogP contribution is 2.28. The molecule has 0 spiro atoms. The van der Waals surface area contributed by atoms with E-state index in [4.69, 9.17) is 15.2 Å². The maximum absolute atomic E-state index is 11.2. The van der Waals surface area contributed by atoms with Gasteiger partial charge in [-0.15, -0.1) is 0 Å². The third kappa shape index (κ3) is 3.70. The van der Waals surface area contributed by atoms with E-state index < -0.39 is 0 Å². The molecule has 104 valence electrons. The highest BCUT2D eigenvalue weighted by atomic mass is 16.5. The molecule has 1 unspecified atom stereocenters. The lowest BCUT2D eigenvalue weighted by molar-refractivity contribution is -0.143. The van der Waals surface area contributed by atoms with Crippen LogP contribution in [0.3, 0.4) is 0 Å². The molecule has 0 fully saturated rings. The van der Waals surface area contributed by atoms with Crippen molar-refractivity contribution in [3.8, 4) is 5.75 Å². The monoisotopic (exact) mass is 263 g/mol. The van der Waals surface area contributed by atoms with Crippen LogP contribution in [0.15, 0.2) is 18.2 Å². The van der Waals surface area contributed by atoms with E-state index in [1.165, 1.54) is 5.56 Å². The van der Waals surface area contributed by atoms with Crippen molar-refractivity contribution in [1.82, 2.24) is 0 Å². The van der Waals surface area contributed by atoms with E-state index in [-0.39, 0.29) is 12.0 Å². The maximum atomic E-state index is 11.2. The van der Waals surface area contributed by atoms with Crippen LogP contribution in [0.1, 0.15) is 43.4 Å². The first-order valence-electron chi connectivity index (χ1n) is 6.87. The first-order chi connectivity index (χ1) is 9.20. The van der Waals surface area contributed by atoms with Crippen LogP contribution in [-0.2, 0) is 16.0 Å². The Morgan fingerprint density at radius 3 is 3.16 bits per heavy atom. The van der Waals surface area contributed by atoms with Gasteiger partial charge in [0.05, 0.1) is 13.2 Å². The largest absolute Gasteiger partial charge is 0.493 e. The first kappa shape index (κ1) is 13.9. The molecule has 4 nitrogen and oxygen atoms in total. The second-order valence-corrected chi connectivity index (χ2v) is 4.77. The molecule has 1 aliphatic rings. The van der Waals surface area contributed by atoms with Gasteiger partial charge in [-0.2, -0.15) is 0 Å². The Kier molecular flexibility index (Phi) is 4.80. The normalized spacial score (nSPS) is 14.6. The maximum Gasteiger partial charge on any atom is 0.305 e. The molecule has 19 heavy (non-hydrogen) atoms. The summed E-state index contributed by atoms with van der Waals surface area (Å²) in [4.78, 5) is 11.2. The number of carbonyl (C=O) groups is 1. The fraction of sp³-hybridized carbons (Fsp3) is 0.533. The zero-order valence-electron chi connectivity index (χ0n) is 11.4. The Hall–Kier alpha value is -1.55. The van der Waals surface area contributed by atoms with Crippen molar-refractivity contribution in [2.45, 2.75) is 38.6 Å². The van der Waals surface area contributed by atoms with Crippen LogP contribution in [-0.4, -0.2) is 19.2 Å². The molecule has 1 aliphatic heterocycles. The SMILES string of the molecule is CCOC(=O)CCCC(N)c1ccc2c(c1)CCO2. The summed E-state index contributed by atoms with van der Waals surface area (Å²) in [6.45, 7) is 3.02. The lowest BCUT2D eigenvalue weighted by atomic mass is 9.99. The molecule has 1 atom stereocenters. The zero-order chi connectivity index (χ0) is 13.7. The van der Waals surface area contributed by atoms with Crippen LogP contribution in [0.4, 0.5) is 0 Å². The molecule has 2 rings (SSSR count). The molecule has 0 saturated carbocycles. The van der Waals surface area contributed by atoms with E-state index in [1.807, 2.05) is 19.1 Å². The minimum atomic E-state index is -0.142. The fourth-order valence-corrected chi connectivity index (χ4v) is 2.30. The third-order valence-corrected chi connectivity index (χ3v) is 3.34. The number of nitrogens with two attached hydrogens (primary N) is 1. The number of esters is 1. The van der Waals surface area contributed by atoms with Crippen molar-refractivity contribution in [1.29, 1.82) is 0 Å². The lowest BCUT2D eigenvalue weighted by Crippen LogP contribution is -2.12. The van der Waals surface area contributed by atoms with Gasteiger partial charge in [-0.3, -0.25) is 4.79 Å². The van der Waals surface area contributed by atoms with Crippen LogP contribution in [0, 0.1) is 0 Å². The Bertz CT molecular complexity index is 445. The highest BCUT2D eigenvalue weighted by Gasteiger charge is 2.15. The molecular weight excluding hydrogens is 242 g/mol. The molecule has 0 saturated heterocycles. The Morgan fingerprint density at radius 2 is 2.37 bits per heavy atom. The summed E-state index contributed by atoms with van der Waals surface area (Å²) < 4.78 is 10.4. The average molecular weight is 263 g/mol. The zero-order valence-corrected chi connectivity index (χ0v) is 11.4. The van der Waals surface area contributed by atoms with Crippen LogP contribution < -0.4 is 10.5 Å². The van der Waals surface area contributed by atoms with Gasteiger partial charge in [0.25, 0.3) is 0 Å². The van der Waals surface area contributed by atoms with Gasteiger partial charge in [0.1, 0.15) is 5.75 Å². The summed E-state index contributed by atoms with van der Waals surface area (Å²) in [5.41, 5.74) is 8.51. The van der Waals surface area contributed by atoms with Gasteiger partial charge in [0.15, 0.2) is 0 Å². The minimum Gasteiger partial charge on any atom is -0.493 e. The Morgan fingerprint density at radius 1 is 1.53 bits per heavy atom. The van der Waals surface area contributed by atoms with Gasteiger partial charge in [-0.25, -0.2) is 0 Å². The van der Waals surface area contributed by atoms with Gasteiger partial charge in [0, 0.05) is 18.9 Å². The summed E-state index contributed by atoms with van der Waals surface area (Å²) in [5.74, 6) is 0.833. The number of fused-ring (bicyclic) bond motifs is 1. The Balaban J connectivity index is 1.83. The number of ether oxygens (including phenoxy) is 2. The smallest absolute Gasteiger partial charge is 0.305 e. The van der Waals surface area contributed by atoms with E-state index in [0.29, 0.717) is 13.0 Å². The number of hydrogen-bond acceptors (Lipinski definition) is 4. The quantitative estimate of drug-likeness (QED) is 0.800. The summed E-state index contributed by atoms with van der Waals surface area (Å²) in [6, 6.07) is 6.10. The molecule has 2 N–H and O–H groups in total. The van der Waals surface area contributed by atoms with Crippen LogP contribution in [0.25, 0.3) is 0 Å². The molecule has 0 amide bonds. The van der Waals surface area contributed by atoms with Gasteiger partial charge < -0.3 is 15.2 Å². The number of hydrogen-bond donors (Lipinski definition) is 1. The Labute approximate surface area is 113 Å². The van der Waals surface area contributed by atoms with Gasteiger partial charge in [0.2, 0.25) is 0 Å². The minimum absolute atomic E-state index is 0.0275. The molecule has 1 heterocycles. The summed E-state index contributed by atoms with van der Waals surface area (Å²) >= 11 is 0. The van der Waals surface area contributed by atoms with Crippen molar-refractivity contribution >= 4 is 5.97 Å². The summed E-state index contributed by atoms with van der Waals surface area (Å²) in [7, 11) is 0. The lowest BCUT2D eigenvalue weighted by Gasteiger charge is -2.12. The molecule has 1 aromatic carbocycles. The topological polar surface area (TPSA) is 61.5 Å². The molecular formula is C15H21NO3. The molecule has 0 aromatic heterocycles. The number of carbonyl (C=O) groups excluding carboxylic acids is 1. The van der Waals surface area contributed by atoms with E-state index in [1.54, 1.807) is 0 Å². The number of rotatable bonds is 6. The standard InChI is InChI=1S/C15H21NO3/c1-2-18-15(17)5-3-4-13(16)11-6-7-14-12(10-11)8-9-19-14/h6-7,10,13H,2-5,8-9,16H2,1H3. The summed E-state index contributed by atoms with van der Waals surface area (Å²) in [5, 5.41) is 0.